The number of allylic oxidation sites excluding steroid dienone is 4. The van der Waals surface area contributed by atoms with Crippen molar-refractivity contribution in [1.82, 2.24) is 0 Å². The van der Waals surface area contributed by atoms with Gasteiger partial charge in [0.25, 0.3) is 0 Å². The van der Waals surface area contributed by atoms with Gasteiger partial charge in [-0.1, -0.05) is 38.8 Å². The van der Waals surface area contributed by atoms with Crippen LogP contribution in [0.3, 0.4) is 0 Å². The Balaban J connectivity index is 1.55. The predicted molar refractivity (Wildman–Crippen MR) is 113 cm³/mol. The van der Waals surface area contributed by atoms with Gasteiger partial charge in [0.15, 0.2) is 23.5 Å². The van der Waals surface area contributed by atoms with Crippen LogP contribution in [0.2, 0.25) is 0 Å². The average Bonchev–Trinajstić information content (AvgIpc) is 3.20. The standard InChI is InChI=1S/C25H34O6/c1-4-5-21-30-20-11-17-16-7-6-14-10-15(27)8-9-23(14,2)22(16)18(28)12-24(17,3)25(20,31-21)19(29)13-26/h8-10,16-18,20-22,26,28H,4-7,11-13H2,1-3H3/t16-,17+,18-,20+,21+,22+,23+,24-,25-/m0/s1. The summed E-state index contributed by atoms with van der Waals surface area (Å²) in [5, 5.41) is 21.4. The molecule has 2 N–H and O–H groups in total. The summed E-state index contributed by atoms with van der Waals surface area (Å²) >= 11 is 0. The molecule has 5 aliphatic rings. The van der Waals surface area contributed by atoms with Crippen molar-refractivity contribution in [3.8, 4) is 0 Å². The van der Waals surface area contributed by atoms with E-state index in [4.69, 9.17) is 9.47 Å². The predicted octanol–water partition coefficient (Wildman–Crippen LogP) is 2.72. The number of rotatable bonds is 4. The number of Topliss-reactive ketones (excluding diaryl/α,β-unsaturated/α-hetero) is 1. The van der Waals surface area contributed by atoms with Gasteiger partial charge >= 0.3 is 0 Å². The molecule has 0 amide bonds. The lowest BCUT2D eigenvalue weighted by atomic mass is 9.46. The first-order chi connectivity index (χ1) is 14.7. The smallest absolute Gasteiger partial charge is 0.193 e. The molecular formula is C25H34O6. The second-order valence-electron chi connectivity index (χ2n) is 10.7. The summed E-state index contributed by atoms with van der Waals surface area (Å²) in [6, 6.07) is 0. The number of carbonyl (C=O) groups is 2. The van der Waals surface area contributed by atoms with E-state index in [2.05, 4.69) is 20.8 Å². The summed E-state index contributed by atoms with van der Waals surface area (Å²) in [6.45, 7) is 5.67. The summed E-state index contributed by atoms with van der Waals surface area (Å²) in [7, 11) is 0. The molecule has 6 heteroatoms. The van der Waals surface area contributed by atoms with Crippen LogP contribution in [0.4, 0.5) is 0 Å². The van der Waals surface area contributed by atoms with Crippen molar-refractivity contribution < 1.29 is 29.3 Å². The third kappa shape index (κ3) is 2.65. The van der Waals surface area contributed by atoms with E-state index >= 15 is 0 Å². The number of ether oxygens (including phenoxy) is 2. The lowest BCUT2D eigenvalue weighted by Crippen LogP contribution is -2.63. The molecule has 4 aliphatic carbocycles. The molecule has 0 bridgehead atoms. The van der Waals surface area contributed by atoms with Crippen LogP contribution in [0.1, 0.15) is 59.3 Å². The Morgan fingerprint density at radius 1 is 1.32 bits per heavy atom. The molecule has 9 atom stereocenters. The Bertz CT molecular complexity index is 862. The molecule has 1 heterocycles. The Kier molecular flexibility index (Phi) is 4.91. The SMILES string of the molecule is CCC[C@@H]1O[C@@H]2C[C@@H]3[C@@H]4CCC5=CC(=O)C=C[C@@]5(C)[C@H]4[C@@H](O)C[C@]3(C)[C@@]2(C(=O)CO)O1. The van der Waals surface area contributed by atoms with Crippen molar-refractivity contribution in [3.05, 3.63) is 23.8 Å². The van der Waals surface area contributed by atoms with Crippen LogP contribution >= 0.6 is 0 Å². The highest BCUT2D eigenvalue weighted by Crippen LogP contribution is 2.69. The highest BCUT2D eigenvalue weighted by atomic mass is 16.7. The van der Waals surface area contributed by atoms with E-state index in [9.17, 15) is 19.8 Å². The Labute approximate surface area is 183 Å². The fraction of sp³-hybridized carbons (Fsp3) is 0.760. The van der Waals surface area contributed by atoms with Crippen molar-refractivity contribution in [3.63, 3.8) is 0 Å². The molecule has 0 aromatic heterocycles. The first-order valence-corrected chi connectivity index (χ1v) is 11.8. The van der Waals surface area contributed by atoms with E-state index in [1.165, 1.54) is 0 Å². The molecule has 1 saturated heterocycles. The molecule has 0 spiro atoms. The van der Waals surface area contributed by atoms with Gasteiger partial charge in [-0.15, -0.1) is 0 Å². The summed E-state index contributed by atoms with van der Waals surface area (Å²) in [4.78, 5) is 25.2. The molecule has 6 nitrogen and oxygen atoms in total. The maximum atomic E-state index is 13.2. The van der Waals surface area contributed by atoms with Crippen LogP contribution < -0.4 is 0 Å². The zero-order chi connectivity index (χ0) is 22.2. The normalized spacial score (nSPS) is 50.4. The average molecular weight is 431 g/mol. The fourth-order valence-electron chi connectivity index (χ4n) is 8.12. The van der Waals surface area contributed by atoms with Gasteiger partial charge in [0, 0.05) is 16.7 Å². The molecule has 0 aromatic carbocycles. The maximum Gasteiger partial charge on any atom is 0.193 e. The van der Waals surface area contributed by atoms with Crippen LogP contribution in [0.25, 0.3) is 0 Å². The number of fused-ring (bicyclic) bond motifs is 7. The lowest BCUT2D eigenvalue weighted by Gasteiger charge is -2.59. The van der Waals surface area contributed by atoms with Crippen molar-refractivity contribution in [2.45, 2.75) is 83.4 Å². The van der Waals surface area contributed by atoms with Gasteiger partial charge in [0.2, 0.25) is 0 Å². The minimum absolute atomic E-state index is 0.0125. The fourth-order valence-corrected chi connectivity index (χ4v) is 8.12. The number of hydrogen-bond acceptors (Lipinski definition) is 6. The molecule has 31 heavy (non-hydrogen) atoms. The summed E-state index contributed by atoms with van der Waals surface area (Å²) in [6.07, 6.45) is 8.31. The van der Waals surface area contributed by atoms with Gasteiger partial charge in [-0.3, -0.25) is 9.59 Å². The minimum atomic E-state index is -1.20. The molecule has 1 aliphatic heterocycles. The van der Waals surface area contributed by atoms with E-state index in [1.807, 2.05) is 6.08 Å². The molecule has 3 saturated carbocycles. The third-order valence-electron chi connectivity index (χ3n) is 9.37. The van der Waals surface area contributed by atoms with Gasteiger partial charge in [0.05, 0.1) is 12.2 Å². The highest BCUT2D eigenvalue weighted by Gasteiger charge is 2.75. The molecule has 0 aromatic rings. The monoisotopic (exact) mass is 430 g/mol. The number of hydrogen-bond donors (Lipinski definition) is 2. The molecule has 0 unspecified atom stereocenters. The highest BCUT2D eigenvalue weighted by molar-refractivity contribution is 6.01. The summed E-state index contributed by atoms with van der Waals surface area (Å²) < 4.78 is 12.7. The molecule has 4 fully saturated rings. The van der Waals surface area contributed by atoms with E-state index in [1.54, 1.807) is 12.2 Å². The van der Waals surface area contributed by atoms with Crippen LogP contribution in [0.15, 0.2) is 23.8 Å². The zero-order valence-corrected chi connectivity index (χ0v) is 18.7. The van der Waals surface area contributed by atoms with E-state index in [-0.39, 0.29) is 34.7 Å². The Hall–Kier alpha value is -1.34. The van der Waals surface area contributed by atoms with E-state index in [0.717, 1.165) is 24.8 Å². The van der Waals surface area contributed by atoms with Crippen molar-refractivity contribution in [2.24, 2.45) is 28.6 Å². The summed E-state index contributed by atoms with van der Waals surface area (Å²) in [5.74, 6) is 0.0274. The number of aliphatic hydroxyl groups is 2. The Morgan fingerprint density at radius 2 is 2.10 bits per heavy atom. The molecule has 170 valence electrons. The van der Waals surface area contributed by atoms with Gasteiger partial charge in [-0.05, 0) is 56.1 Å². The largest absolute Gasteiger partial charge is 0.393 e. The first kappa shape index (κ1) is 21.5. The van der Waals surface area contributed by atoms with Crippen molar-refractivity contribution in [2.75, 3.05) is 6.61 Å². The lowest BCUT2D eigenvalue weighted by molar-refractivity contribution is -0.200. The molecule has 5 rings (SSSR count). The van der Waals surface area contributed by atoms with Gasteiger partial charge in [0.1, 0.15) is 6.61 Å². The molecule has 0 radical (unpaired) electrons. The quantitative estimate of drug-likeness (QED) is 0.712. The van der Waals surface area contributed by atoms with Crippen molar-refractivity contribution in [1.29, 1.82) is 0 Å². The first-order valence-electron chi connectivity index (χ1n) is 11.8. The minimum Gasteiger partial charge on any atom is -0.393 e. The molecular weight excluding hydrogens is 396 g/mol. The van der Waals surface area contributed by atoms with Crippen LogP contribution in [0.5, 0.6) is 0 Å². The van der Waals surface area contributed by atoms with Gasteiger partial charge in [-0.25, -0.2) is 0 Å². The maximum absolute atomic E-state index is 13.2. The topological polar surface area (TPSA) is 93.1 Å². The van der Waals surface area contributed by atoms with Crippen molar-refractivity contribution >= 4 is 11.6 Å². The second kappa shape index (κ2) is 7.08. The Morgan fingerprint density at radius 3 is 2.81 bits per heavy atom. The second-order valence-corrected chi connectivity index (χ2v) is 10.7. The number of ketones is 2. The van der Waals surface area contributed by atoms with Crippen LogP contribution in [-0.4, -0.2) is 52.5 Å². The van der Waals surface area contributed by atoms with Crippen LogP contribution in [-0.2, 0) is 19.1 Å². The van der Waals surface area contributed by atoms with E-state index < -0.39 is 36.1 Å². The number of aliphatic hydroxyl groups excluding tert-OH is 2. The third-order valence-corrected chi connectivity index (χ3v) is 9.37. The van der Waals surface area contributed by atoms with Crippen LogP contribution in [0, 0.1) is 28.6 Å². The summed E-state index contributed by atoms with van der Waals surface area (Å²) in [5.41, 5.74) is -1.05. The van der Waals surface area contributed by atoms with Gasteiger partial charge in [-0.2, -0.15) is 0 Å². The van der Waals surface area contributed by atoms with Gasteiger partial charge < -0.3 is 19.7 Å². The van der Waals surface area contributed by atoms with E-state index in [0.29, 0.717) is 19.3 Å². The number of carbonyl (C=O) groups excluding carboxylic acids is 2. The zero-order valence-electron chi connectivity index (χ0n) is 18.7.